The number of aryl methyl sites for hydroxylation is 2. The van der Waals surface area contributed by atoms with Gasteiger partial charge in [-0.1, -0.05) is 0 Å². The number of fused-ring (bicyclic) bond motifs is 1. The van der Waals surface area contributed by atoms with Crippen LogP contribution in [-0.2, 0) is 17.6 Å². The molecule has 4 rings (SSSR count). The Kier molecular flexibility index (Phi) is 4.44. The number of nitrogens with zero attached hydrogens (tertiary/aromatic N) is 2. The third-order valence-corrected chi connectivity index (χ3v) is 5.31. The Morgan fingerprint density at radius 1 is 1.38 bits per heavy atom. The topological polar surface area (TPSA) is 73.3 Å². The third-order valence-electron chi connectivity index (χ3n) is 4.24. The Labute approximate surface area is 144 Å². The summed E-state index contributed by atoms with van der Waals surface area (Å²) in [6, 6.07) is 3.35. The number of ether oxygens (including phenoxy) is 2. The van der Waals surface area contributed by atoms with E-state index in [9.17, 15) is 4.79 Å². The number of anilines is 1. The number of hydrogen-bond donors (Lipinski definition) is 1. The van der Waals surface area contributed by atoms with E-state index in [0.717, 1.165) is 25.0 Å². The molecule has 1 amide bonds. The molecule has 1 aliphatic heterocycles. The summed E-state index contributed by atoms with van der Waals surface area (Å²) in [5.74, 6) is 0.271. The quantitative estimate of drug-likeness (QED) is 0.922. The second kappa shape index (κ2) is 6.86. The van der Waals surface area contributed by atoms with Crippen molar-refractivity contribution in [2.45, 2.75) is 38.2 Å². The van der Waals surface area contributed by atoms with Crippen LogP contribution in [0.25, 0.3) is 0 Å². The third kappa shape index (κ3) is 3.42. The van der Waals surface area contributed by atoms with Crippen molar-refractivity contribution >= 4 is 22.4 Å². The number of amides is 1. The molecule has 2 aliphatic rings. The lowest BCUT2D eigenvalue weighted by atomic mass is 10.0. The molecule has 1 N–H and O–H groups in total. The minimum absolute atomic E-state index is 0.0153. The fourth-order valence-electron chi connectivity index (χ4n) is 2.97. The van der Waals surface area contributed by atoms with Gasteiger partial charge in [-0.25, -0.2) is 9.97 Å². The molecular formula is C17H19N3O3S. The first kappa shape index (κ1) is 15.5. The first-order chi connectivity index (χ1) is 11.8. The number of hydrogen-bond acceptors (Lipinski definition) is 6. The Hall–Kier alpha value is -1.99. The highest BCUT2D eigenvalue weighted by Gasteiger charge is 2.19. The van der Waals surface area contributed by atoms with Crippen LogP contribution in [0.2, 0.25) is 0 Å². The molecule has 1 unspecified atom stereocenters. The van der Waals surface area contributed by atoms with Crippen LogP contribution in [0.3, 0.4) is 0 Å². The van der Waals surface area contributed by atoms with Gasteiger partial charge in [-0.3, -0.25) is 10.1 Å². The summed E-state index contributed by atoms with van der Waals surface area (Å²) in [4.78, 5) is 22.5. The van der Waals surface area contributed by atoms with E-state index in [-0.39, 0.29) is 12.0 Å². The number of rotatable bonds is 4. The average Bonchev–Trinajstić information content (AvgIpc) is 3.24. The van der Waals surface area contributed by atoms with Gasteiger partial charge >= 0.3 is 0 Å². The lowest BCUT2D eigenvalue weighted by Gasteiger charge is -2.11. The summed E-state index contributed by atoms with van der Waals surface area (Å²) in [6.45, 7) is 1.28. The fraction of sp³-hybridized carbons (Fsp3) is 0.471. The van der Waals surface area contributed by atoms with Gasteiger partial charge in [0.2, 0.25) is 5.88 Å². The van der Waals surface area contributed by atoms with E-state index < -0.39 is 0 Å². The van der Waals surface area contributed by atoms with Gasteiger partial charge in [0.15, 0.2) is 5.13 Å². The standard InChI is InChI=1S/C17H19N3O3S/c21-16(20-17-19-13-3-1-2-4-14(13)24-17)11-5-7-18-15(9-11)23-12-6-8-22-10-12/h5,7,9,12H,1-4,6,8,10H2,(H,19,20,21). The number of pyridine rings is 1. The van der Waals surface area contributed by atoms with E-state index in [4.69, 9.17) is 9.47 Å². The number of carbonyl (C=O) groups is 1. The predicted molar refractivity (Wildman–Crippen MR) is 90.8 cm³/mol. The van der Waals surface area contributed by atoms with Crippen LogP contribution >= 0.6 is 11.3 Å². The zero-order valence-electron chi connectivity index (χ0n) is 13.3. The molecule has 1 atom stereocenters. The number of thiazole rings is 1. The maximum Gasteiger partial charge on any atom is 0.257 e. The van der Waals surface area contributed by atoms with Gasteiger partial charge in [-0.05, 0) is 31.7 Å². The number of aromatic nitrogens is 2. The van der Waals surface area contributed by atoms with Gasteiger partial charge in [0, 0.05) is 29.1 Å². The van der Waals surface area contributed by atoms with Crippen molar-refractivity contribution < 1.29 is 14.3 Å². The minimum atomic E-state index is -0.184. The second-order valence-electron chi connectivity index (χ2n) is 6.04. The van der Waals surface area contributed by atoms with Crippen LogP contribution in [-0.4, -0.2) is 35.2 Å². The molecule has 7 heteroatoms. The van der Waals surface area contributed by atoms with Gasteiger partial charge in [0.25, 0.3) is 5.91 Å². The van der Waals surface area contributed by atoms with Crippen molar-refractivity contribution in [2.75, 3.05) is 18.5 Å². The summed E-state index contributed by atoms with van der Waals surface area (Å²) in [5, 5.41) is 3.57. The van der Waals surface area contributed by atoms with Crippen molar-refractivity contribution in [1.29, 1.82) is 0 Å². The summed E-state index contributed by atoms with van der Waals surface area (Å²) in [7, 11) is 0. The second-order valence-corrected chi connectivity index (χ2v) is 7.12. The average molecular weight is 345 g/mol. The number of carbonyl (C=O) groups excluding carboxylic acids is 1. The highest BCUT2D eigenvalue weighted by atomic mass is 32.1. The highest BCUT2D eigenvalue weighted by Crippen LogP contribution is 2.29. The Bertz CT molecular complexity index is 717. The van der Waals surface area contributed by atoms with E-state index in [1.54, 1.807) is 29.7 Å². The van der Waals surface area contributed by atoms with Gasteiger partial charge < -0.3 is 9.47 Å². The molecule has 0 saturated carbocycles. The van der Waals surface area contributed by atoms with Gasteiger partial charge in [0.05, 0.1) is 18.9 Å². The first-order valence-electron chi connectivity index (χ1n) is 8.28. The monoisotopic (exact) mass is 345 g/mol. The largest absolute Gasteiger partial charge is 0.472 e. The molecular weight excluding hydrogens is 326 g/mol. The molecule has 1 fully saturated rings. The predicted octanol–water partition coefficient (Wildman–Crippen LogP) is 2.84. The fourth-order valence-corrected chi connectivity index (χ4v) is 4.01. The smallest absolute Gasteiger partial charge is 0.257 e. The SMILES string of the molecule is O=C(Nc1nc2c(s1)CCCC2)c1ccnc(OC2CCOC2)c1. The van der Waals surface area contributed by atoms with Crippen LogP contribution in [0.1, 0.15) is 40.2 Å². The first-order valence-corrected chi connectivity index (χ1v) is 9.10. The van der Waals surface area contributed by atoms with Crippen molar-refractivity contribution in [3.63, 3.8) is 0 Å². The molecule has 1 saturated heterocycles. The van der Waals surface area contributed by atoms with Crippen LogP contribution in [0.4, 0.5) is 5.13 Å². The Balaban J connectivity index is 1.44. The van der Waals surface area contributed by atoms with Gasteiger partial charge in [-0.2, -0.15) is 0 Å². The molecule has 3 heterocycles. The molecule has 126 valence electrons. The molecule has 6 nitrogen and oxygen atoms in total. The summed E-state index contributed by atoms with van der Waals surface area (Å²) >= 11 is 1.58. The summed E-state index contributed by atoms with van der Waals surface area (Å²) in [6.07, 6.45) is 6.92. The van der Waals surface area contributed by atoms with E-state index in [1.165, 1.54) is 17.7 Å². The van der Waals surface area contributed by atoms with Gasteiger partial charge in [0.1, 0.15) is 6.10 Å². The molecule has 0 bridgehead atoms. The maximum atomic E-state index is 12.5. The molecule has 1 aliphatic carbocycles. The Morgan fingerprint density at radius 2 is 2.29 bits per heavy atom. The van der Waals surface area contributed by atoms with E-state index in [1.807, 2.05) is 0 Å². The van der Waals surface area contributed by atoms with Crippen LogP contribution in [0.15, 0.2) is 18.3 Å². The van der Waals surface area contributed by atoms with E-state index in [0.29, 0.717) is 29.8 Å². The molecule has 24 heavy (non-hydrogen) atoms. The molecule has 2 aromatic rings. The highest BCUT2D eigenvalue weighted by molar-refractivity contribution is 7.15. The van der Waals surface area contributed by atoms with Crippen LogP contribution in [0, 0.1) is 0 Å². The minimum Gasteiger partial charge on any atom is -0.472 e. The zero-order valence-corrected chi connectivity index (χ0v) is 14.1. The summed E-state index contributed by atoms with van der Waals surface area (Å²) in [5.41, 5.74) is 1.66. The normalized spacial score (nSPS) is 19.8. The lowest BCUT2D eigenvalue weighted by molar-refractivity contribution is 0.102. The van der Waals surface area contributed by atoms with E-state index in [2.05, 4.69) is 15.3 Å². The van der Waals surface area contributed by atoms with Crippen molar-refractivity contribution in [1.82, 2.24) is 9.97 Å². The molecule has 2 aromatic heterocycles. The maximum absolute atomic E-state index is 12.5. The summed E-state index contributed by atoms with van der Waals surface area (Å²) < 4.78 is 11.0. The number of nitrogens with one attached hydrogen (secondary N) is 1. The molecule has 0 radical (unpaired) electrons. The van der Waals surface area contributed by atoms with Gasteiger partial charge in [-0.15, -0.1) is 11.3 Å². The van der Waals surface area contributed by atoms with Crippen molar-refractivity contribution in [3.05, 3.63) is 34.5 Å². The van der Waals surface area contributed by atoms with E-state index >= 15 is 0 Å². The van der Waals surface area contributed by atoms with Crippen molar-refractivity contribution in [3.8, 4) is 5.88 Å². The molecule has 0 spiro atoms. The lowest BCUT2D eigenvalue weighted by Crippen LogP contribution is -2.17. The zero-order chi connectivity index (χ0) is 16.4. The molecule has 0 aromatic carbocycles. The van der Waals surface area contributed by atoms with Crippen LogP contribution in [0.5, 0.6) is 5.88 Å². The van der Waals surface area contributed by atoms with Crippen molar-refractivity contribution in [2.24, 2.45) is 0 Å². The van der Waals surface area contributed by atoms with Crippen LogP contribution < -0.4 is 10.1 Å². The Morgan fingerprint density at radius 3 is 3.12 bits per heavy atom.